The summed E-state index contributed by atoms with van der Waals surface area (Å²) in [5.74, 6) is 0.871. The monoisotopic (exact) mass is 239 g/mol. The number of nitrogens with zero attached hydrogens (tertiary/aromatic N) is 2. The van der Waals surface area contributed by atoms with E-state index in [1.807, 2.05) is 0 Å². The molecular weight excluding hydrogens is 210 g/mol. The molecule has 2 aliphatic heterocycles. The molecule has 0 aliphatic carbocycles. The third-order valence-corrected chi connectivity index (χ3v) is 4.56. The summed E-state index contributed by atoms with van der Waals surface area (Å²) in [6, 6.07) is 0.794. The summed E-state index contributed by atoms with van der Waals surface area (Å²) in [6.45, 7) is 16.7. The lowest BCUT2D eigenvalue weighted by molar-refractivity contribution is 0.0364. The smallest absolute Gasteiger partial charge is 0.0261 e. The zero-order valence-electron chi connectivity index (χ0n) is 12.0. The zero-order chi connectivity index (χ0) is 12.5. The van der Waals surface area contributed by atoms with Gasteiger partial charge in [0, 0.05) is 44.3 Å². The predicted molar refractivity (Wildman–Crippen MR) is 73.3 cm³/mol. The number of hydrogen-bond acceptors (Lipinski definition) is 3. The van der Waals surface area contributed by atoms with E-state index in [0.717, 1.165) is 12.0 Å². The molecule has 0 radical (unpaired) electrons. The van der Waals surface area contributed by atoms with Crippen molar-refractivity contribution < 1.29 is 0 Å². The van der Waals surface area contributed by atoms with Crippen LogP contribution in [0.2, 0.25) is 0 Å². The van der Waals surface area contributed by atoms with Crippen molar-refractivity contribution in [1.82, 2.24) is 15.1 Å². The highest BCUT2D eigenvalue weighted by Gasteiger charge is 2.34. The normalized spacial score (nSPS) is 33.2. The van der Waals surface area contributed by atoms with E-state index in [0.29, 0.717) is 5.54 Å². The molecule has 0 saturated carbocycles. The van der Waals surface area contributed by atoms with Crippen molar-refractivity contribution in [2.24, 2.45) is 5.92 Å². The van der Waals surface area contributed by atoms with Crippen LogP contribution in [0.15, 0.2) is 0 Å². The summed E-state index contributed by atoms with van der Waals surface area (Å²) >= 11 is 0. The fraction of sp³-hybridized carbons (Fsp3) is 1.00. The third kappa shape index (κ3) is 3.01. The zero-order valence-corrected chi connectivity index (χ0v) is 12.0. The van der Waals surface area contributed by atoms with Gasteiger partial charge in [0.15, 0.2) is 0 Å². The van der Waals surface area contributed by atoms with E-state index in [4.69, 9.17) is 0 Å². The fourth-order valence-corrected chi connectivity index (χ4v) is 3.29. The van der Waals surface area contributed by atoms with Gasteiger partial charge in [0.1, 0.15) is 0 Å². The summed E-state index contributed by atoms with van der Waals surface area (Å²) in [6.07, 6.45) is 1.32. The molecule has 0 aromatic heterocycles. The molecule has 2 heterocycles. The van der Waals surface area contributed by atoms with Crippen molar-refractivity contribution in [3.05, 3.63) is 0 Å². The fourth-order valence-electron chi connectivity index (χ4n) is 3.29. The van der Waals surface area contributed by atoms with Crippen LogP contribution in [0.3, 0.4) is 0 Å². The average molecular weight is 239 g/mol. The Morgan fingerprint density at radius 2 is 1.71 bits per heavy atom. The number of rotatable bonds is 2. The van der Waals surface area contributed by atoms with E-state index in [1.54, 1.807) is 0 Å². The molecule has 3 nitrogen and oxygen atoms in total. The summed E-state index contributed by atoms with van der Waals surface area (Å²) in [7, 11) is 0. The van der Waals surface area contributed by atoms with Crippen molar-refractivity contribution in [3.63, 3.8) is 0 Å². The van der Waals surface area contributed by atoms with Crippen LogP contribution in [0.4, 0.5) is 0 Å². The second-order valence-electron chi connectivity index (χ2n) is 6.59. The predicted octanol–water partition coefficient (Wildman–Crippen LogP) is 1.40. The molecule has 2 unspecified atom stereocenters. The van der Waals surface area contributed by atoms with Gasteiger partial charge in [-0.15, -0.1) is 0 Å². The molecule has 0 amide bonds. The first kappa shape index (κ1) is 13.3. The molecule has 2 rings (SSSR count). The van der Waals surface area contributed by atoms with E-state index < -0.39 is 0 Å². The first-order chi connectivity index (χ1) is 8.02. The van der Waals surface area contributed by atoms with Gasteiger partial charge in [0.2, 0.25) is 0 Å². The molecule has 1 N–H and O–H groups in total. The molecule has 3 heteroatoms. The maximum absolute atomic E-state index is 3.56. The Labute approximate surface area is 107 Å². The van der Waals surface area contributed by atoms with Crippen LogP contribution >= 0.6 is 0 Å². The number of piperazine rings is 1. The minimum atomic E-state index is 0.337. The lowest BCUT2D eigenvalue weighted by Crippen LogP contribution is -2.56. The first-order valence-electron chi connectivity index (χ1n) is 7.22. The highest BCUT2D eigenvalue weighted by molar-refractivity contribution is 4.91. The molecule has 2 atom stereocenters. The lowest BCUT2D eigenvalue weighted by atomic mass is 9.98. The molecule has 2 saturated heterocycles. The van der Waals surface area contributed by atoms with Crippen LogP contribution in [-0.4, -0.2) is 60.6 Å². The first-order valence-corrected chi connectivity index (χ1v) is 7.22. The number of nitrogens with one attached hydrogen (secondary N) is 1. The van der Waals surface area contributed by atoms with Crippen LogP contribution < -0.4 is 5.32 Å². The Morgan fingerprint density at radius 3 is 2.24 bits per heavy atom. The van der Waals surface area contributed by atoms with Crippen LogP contribution in [0.5, 0.6) is 0 Å². The minimum Gasteiger partial charge on any atom is -0.315 e. The van der Waals surface area contributed by atoms with E-state index in [-0.39, 0.29) is 0 Å². The summed E-state index contributed by atoms with van der Waals surface area (Å²) in [5, 5.41) is 3.56. The van der Waals surface area contributed by atoms with E-state index in [2.05, 4.69) is 42.8 Å². The van der Waals surface area contributed by atoms with Crippen molar-refractivity contribution in [2.45, 2.75) is 45.7 Å². The Balaban J connectivity index is 1.86. The number of hydrogen-bond donors (Lipinski definition) is 1. The molecule has 0 aromatic carbocycles. The van der Waals surface area contributed by atoms with Gasteiger partial charge in [-0.2, -0.15) is 0 Å². The maximum Gasteiger partial charge on any atom is 0.0261 e. The Morgan fingerprint density at radius 1 is 1.06 bits per heavy atom. The van der Waals surface area contributed by atoms with Crippen molar-refractivity contribution in [3.8, 4) is 0 Å². The SMILES string of the molecule is CCC1CNCC1N1CCN(C(C)(C)C)CC1. The van der Waals surface area contributed by atoms with Gasteiger partial charge in [-0.3, -0.25) is 9.80 Å². The summed E-state index contributed by atoms with van der Waals surface area (Å²) in [4.78, 5) is 5.34. The molecule has 0 spiro atoms. The van der Waals surface area contributed by atoms with Gasteiger partial charge in [-0.1, -0.05) is 13.3 Å². The summed E-state index contributed by atoms with van der Waals surface area (Å²) in [5.41, 5.74) is 0.337. The van der Waals surface area contributed by atoms with E-state index >= 15 is 0 Å². The van der Waals surface area contributed by atoms with Gasteiger partial charge < -0.3 is 5.32 Å². The van der Waals surface area contributed by atoms with Crippen molar-refractivity contribution in [2.75, 3.05) is 39.3 Å². The van der Waals surface area contributed by atoms with Gasteiger partial charge in [-0.05, 0) is 33.2 Å². The lowest BCUT2D eigenvalue weighted by Gasteiger charge is -2.44. The van der Waals surface area contributed by atoms with Gasteiger partial charge in [-0.25, -0.2) is 0 Å². The summed E-state index contributed by atoms with van der Waals surface area (Å²) < 4.78 is 0. The standard InChI is InChI=1S/C14H29N3/c1-5-12-10-15-11-13(12)16-6-8-17(9-7-16)14(2,3)4/h12-13,15H,5-11H2,1-4H3. The van der Waals surface area contributed by atoms with E-state index in [9.17, 15) is 0 Å². The average Bonchev–Trinajstić information content (AvgIpc) is 2.76. The van der Waals surface area contributed by atoms with Crippen molar-refractivity contribution >= 4 is 0 Å². The van der Waals surface area contributed by atoms with Gasteiger partial charge in [0.05, 0.1) is 0 Å². The van der Waals surface area contributed by atoms with Gasteiger partial charge in [0.25, 0.3) is 0 Å². The Kier molecular flexibility index (Phi) is 4.11. The van der Waals surface area contributed by atoms with Crippen LogP contribution in [0.25, 0.3) is 0 Å². The van der Waals surface area contributed by atoms with Crippen LogP contribution in [0, 0.1) is 5.92 Å². The molecule has 17 heavy (non-hydrogen) atoms. The largest absolute Gasteiger partial charge is 0.315 e. The highest BCUT2D eigenvalue weighted by Crippen LogP contribution is 2.22. The molecule has 0 bridgehead atoms. The Bertz CT molecular complexity index is 238. The highest BCUT2D eigenvalue weighted by atomic mass is 15.3. The molecule has 2 aliphatic rings. The minimum absolute atomic E-state index is 0.337. The molecular formula is C14H29N3. The third-order valence-electron chi connectivity index (χ3n) is 4.56. The van der Waals surface area contributed by atoms with Gasteiger partial charge >= 0.3 is 0 Å². The van der Waals surface area contributed by atoms with Crippen LogP contribution in [-0.2, 0) is 0 Å². The molecule has 0 aromatic rings. The van der Waals surface area contributed by atoms with E-state index in [1.165, 1.54) is 45.7 Å². The molecule has 100 valence electrons. The molecule has 2 fully saturated rings. The Hall–Kier alpha value is -0.120. The topological polar surface area (TPSA) is 18.5 Å². The quantitative estimate of drug-likeness (QED) is 0.786. The maximum atomic E-state index is 3.56. The van der Waals surface area contributed by atoms with Crippen LogP contribution in [0.1, 0.15) is 34.1 Å². The second kappa shape index (κ2) is 5.25. The van der Waals surface area contributed by atoms with Crippen molar-refractivity contribution in [1.29, 1.82) is 0 Å². The second-order valence-corrected chi connectivity index (χ2v) is 6.59.